The summed E-state index contributed by atoms with van der Waals surface area (Å²) < 4.78 is 12.4. The minimum absolute atomic E-state index is 0.367. The molecule has 0 spiro atoms. The fourth-order valence-corrected chi connectivity index (χ4v) is 2.91. The number of nitrogens with one attached hydrogen (secondary N) is 1. The number of halogens is 1. The summed E-state index contributed by atoms with van der Waals surface area (Å²) in [6.45, 7) is 3.92. The van der Waals surface area contributed by atoms with Gasteiger partial charge >= 0.3 is 0 Å². The van der Waals surface area contributed by atoms with Gasteiger partial charge < -0.3 is 20.5 Å². The monoisotopic (exact) mass is 389 g/mol. The molecule has 0 aliphatic carbocycles. The number of nitrogens with zero attached hydrogens (tertiary/aromatic N) is 1. The highest BCUT2D eigenvalue weighted by Gasteiger charge is 2.10. The molecule has 2 aromatic carbocycles. The molecule has 1 aliphatic rings. The number of fused-ring (bicyclic) bond motifs is 1. The van der Waals surface area contributed by atoms with Gasteiger partial charge in [-0.1, -0.05) is 22.0 Å². The molecule has 1 aliphatic heterocycles. The Balaban J connectivity index is 1.67. The van der Waals surface area contributed by atoms with E-state index in [1.54, 1.807) is 0 Å². The third kappa shape index (κ3) is 4.20. The Bertz CT molecular complexity index is 762. The van der Waals surface area contributed by atoms with Crippen LogP contribution < -0.4 is 20.5 Å². The molecule has 0 saturated heterocycles. The number of hydrogen-bond donors (Lipinski definition) is 2. The van der Waals surface area contributed by atoms with E-state index in [4.69, 9.17) is 15.2 Å². The number of aryl methyl sites for hydroxylation is 1. The number of rotatable bonds is 3. The third-order valence-electron chi connectivity index (χ3n) is 3.74. The first-order valence-corrected chi connectivity index (χ1v) is 8.63. The van der Waals surface area contributed by atoms with Gasteiger partial charge in [-0.15, -0.1) is 0 Å². The van der Waals surface area contributed by atoms with E-state index in [2.05, 4.69) is 39.2 Å². The highest BCUT2D eigenvalue weighted by molar-refractivity contribution is 9.10. The predicted molar refractivity (Wildman–Crippen MR) is 99.9 cm³/mol. The summed E-state index contributed by atoms with van der Waals surface area (Å²) in [4.78, 5) is 4.41. The Morgan fingerprint density at radius 2 is 1.96 bits per heavy atom. The van der Waals surface area contributed by atoms with Crippen molar-refractivity contribution in [3.63, 3.8) is 0 Å². The van der Waals surface area contributed by atoms with Crippen molar-refractivity contribution in [2.24, 2.45) is 10.7 Å². The number of ether oxygens (including phenoxy) is 2. The van der Waals surface area contributed by atoms with Gasteiger partial charge in [0, 0.05) is 22.6 Å². The lowest BCUT2D eigenvalue weighted by molar-refractivity contribution is 0.297. The fourth-order valence-electron chi connectivity index (χ4n) is 2.44. The average Bonchev–Trinajstić information content (AvgIpc) is 2.79. The maximum Gasteiger partial charge on any atom is 0.193 e. The second-order valence-corrected chi connectivity index (χ2v) is 6.52. The normalized spacial score (nSPS) is 14.2. The van der Waals surface area contributed by atoms with E-state index in [0.717, 1.165) is 33.6 Å². The van der Waals surface area contributed by atoms with Crippen LogP contribution in [0.2, 0.25) is 0 Å². The molecule has 0 aromatic heterocycles. The third-order valence-corrected chi connectivity index (χ3v) is 4.24. The zero-order valence-corrected chi connectivity index (χ0v) is 15.1. The topological polar surface area (TPSA) is 68.9 Å². The largest absolute Gasteiger partial charge is 0.490 e. The van der Waals surface area contributed by atoms with Gasteiger partial charge in [-0.05, 0) is 42.3 Å². The summed E-state index contributed by atoms with van der Waals surface area (Å²) in [6.07, 6.45) is 0.883. The quantitative estimate of drug-likeness (QED) is 0.617. The van der Waals surface area contributed by atoms with Gasteiger partial charge in [0.15, 0.2) is 17.5 Å². The molecule has 6 heteroatoms. The SMILES string of the molecule is Cc1cc(Br)ccc1CN=C(N)Nc1ccc2c(c1)OCCCO2. The van der Waals surface area contributed by atoms with E-state index in [0.29, 0.717) is 25.7 Å². The summed E-state index contributed by atoms with van der Waals surface area (Å²) in [7, 11) is 0. The first-order chi connectivity index (χ1) is 11.6. The van der Waals surface area contributed by atoms with E-state index in [1.807, 2.05) is 30.3 Å². The van der Waals surface area contributed by atoms with Crippen LogP contribution in [0.4, 0.5) is 5.69 Å². The zero-order valence-electron chi connectivity index (χ0n) is 13.5. The lowest BCUT2D eigenvalue weighted by Gasteiger charge is -2.11. The molecular formula is C18H20BrN3O2. The minimum Gasteiger partial charge on any atom is -0.490 e. The van der Waals surface area contributed by atoms with Crippen LogP contribution >= 0.6 is 15.9 Å². The van der Waals surface area contributed by atoms with Crippen molar-refractivity contribution < 1.29 is 9.47 Å². The Morgan fingerprint density at radius 3 is 2.75 bits per heavy atom. The predicted octanol–water partition coefficient (Wildman–Crippen LogP) is 3.85. The van der Waals surface area contributed by atoms with Crippen LogP contribution in [0.1, 0.15) is 17.5 Å². The molecule has 0 fully saturated rings. The van der Waals surface area contributed by atoms with Crippen LogP contribution in [-0.4, -0.2) is 19.2 Å². The molecule has 3 N–H and O–H groups in total. The van der Waals surface area contributed by atoms with Gasteiger partial charge in [-0.2, -0.15) is 0 Å². The smallest absolute Gasteiger partial charge is 0.193 e. The summed E-state index contributed by atoms with van der Waals surface area (Å²) in [5.74, 6) is 1.86. The highest BCUT2D eigenvalue weighted by Crippen LogP contribution is 2.32. The first-order valence-electron chi connectivity index (χ1n) is 7.83. The van der Waals surface area contributed by atoms with Crippen molar-refractivity contribution in [1.82, 2.24) is 0 Å². The van der Waals surface area contributed by atoms with Crippen molar-refractivity contribution in [2.75, 3.05) is 18.5 Å². The van der Waals surface area contributed by atoms with Crippen LogP contribution in [0.3, 0.4) is 0 Å². The van der Waals surface area contributed by atoms with E-state index in [1.165, 1.54) is 5.56 Å². The second-order valence-electron chi connectivity index (χ2n) is 5.61. The molecule has 24 heavy (non-hydrogen) atoms. The lowest BCUT2D eigenvalue weighted by Crippen LogP contribution is -2.22. The summed E-state index contributed by atoms with van der Waals surface area (Å²) in [6, 6.07) is 11.8. The summed E-state index contributed by atoms with van der Waals surface area (Å²) >= 11 is 3.46. The Hall–Kier alpha value is -2.21. The molecule has 2 aromatic rings. The zero-order chi connectivity index (χ0) is 16.9. The molecule has 0 radical (unpaired) electrons. The van der Waals surface area contributed by atoms with E-state index < -0.39 is 0 Å². The number of benzene rings is 2. The van der Waals surface area contributed by atoms with Crippen molar-refractivity contribution >= 4 is 27.6 Å². The van der Waals surface area contributed by atoms with E-state index >= 15 is 0 Å². The van der Waals surface area contributed by atoms with Crippen molar-refractivity contribution in [2.45, 2.75) is 19.9 Å². The highest BCUT2D eigenvalue weighted by atomic mass is 79.9. The number of aliphatic imine (C=N–C) groups is 1. The van der Waals surface area contributed by atoms with Gasteiger partial charge in [0.05, 0.1) is 19.8 Å². The van der Waals surface area contributed by atoms with Crippen LogP contribution in [0, 0.1) is 6.92 Å². The fraction of sp³-hybridized carbons (Fsp3) is 0.278. The maximum atomic E-state index is 6.00. The molecule has 0 unspecified atom stereocenters. The van der Waals surface area contributed by atoms with Crippen LogP contribution in [-0.2, 0) is 6.54 Å². The van der Waals surface area contributed by atoms with Crippen LogP contribution in [0.15, 0.2) is 45.9 Å². The molecule has 126 valence electrons. The van der Waals surface area contributed by atoms with Crippen molar-refractivity contribution in [1.29, 1.82) is 0 Å². The average molecular weight is 390 g/mol. The summed E-state index contributed by atoms with van der Waals surface area (Å²) in [5, 5.41) is 3.10. The molecule has 1 heterocycles. The van der Waals surface area contributed by atoms with Gasteiger partial charge in [0.25, 0.3) is 0 Å². The van der Waals surface area contributed by atoms with Crippen molar-refractivity contribution in [3.8, 4) is 11.5 Å². The Labute approximate surface area is 150 Å². The molecule has 0 atom stereocenters. The standard InChI is InChI=1S/C18H20BrN3O2/c1-12-9-14(19)4-3-13(12)11-21-18(20)22-15-5-6-16-17(10-15)24-8-2-7-23-16/h3-6,9-10H,2,7-8,11H2,1H3,(H3,20,21,22). The molecule has 0 amide bonds. The molecule has 5 nitrogen and oxygen atoms in total. The van der Waals surface area contributed by atoms with Crippen molar-refractivity contribution in [3.05, 3.63) is 52.0 Å². The van der Waals surface area contributed by atoms with Gasteiger partial charge in [0.1, 0.15) is 0 Å². The lowest BCUT2D eigenvalue weighted by atomic mass is 10.1. The summed E-state index contributed by atoms with van der Waals surface area (Å²) in [5.41, 5.74) is 9.14. The second kappa shape index (κ2) is 7.57. The number of anilines is 1. The number of guanidine groups is 1. The molecule has 3 rings (SSSR count). The van der Waals surface area contributed by atoms with E-state index in [-0.39, 0.29) is 0 Å². The van der Waals surface area contributed by atoms with E-state index in [9.17, 15) is 0 Å². The maximum absolute atomic E-state index is 6.00. The number of hydrogen-bond acceptors (Lipinski definition) is 3. The Morgan fingerprint density at radius 1 is 1.17 bits per heavy atom. The molecule has 0 bridgehead atoms. The Kier molecular flexibility index (Phi) is 5.25. The van der Waals surface area contributed by atoms with Gasteiger partial charge in [-0.3, -0.25) is 0 Å². The van der Waals surface area contributed by atoms with Crippen LogP contribution in [0.25, 0.3) is 0 Å². The number of nitrogens with two attached hydrogens (primary N) is 1. The first kappa shape index (κ1) is 16.6. The minimum atomic E-state index is 0.367. The van der Waals surface area contributed by atoms with Crippen LogP contribution in [0.5, 0.6) is 11.5 Å². The van der Waals surface area contributed by atoms with Gasteiger partial charge in [-0.25, -0.2) is 4.99 Å². The molecule has 0 saturated carbocycles. The molecular weight excluding hydrogens is 370 g/mol. The van der Waals surface area contributed by atoms with Gasteiger partial charge in [0.2, 0.25) is 0 Å².